The Morgan fingerprint density at radius 3 is 2.37 bits per heavy atom. The van der Waals surface area contributed by atoms with Crippen molar-refractivity contribution < 1.29 is 19.0 Å². The van der Waals surface area contributed by atoms with Gasteiger partial charge in [0.25, 0.3) is 5.91 Å². The molecule has 0 saturated carbocycles. The first kappa shape index (κ1) is 21.7. The number of anilines is 1. The lowest BCUT2D eigenvalue weighted by Crippen LogP contribution is -2.45. The van der Waals surface area contributed by atoms with Crippen LogP contribution in [-0.4, -0.2) is 32.3 Å². The fourth-order valence-electron chi connectivity index (χ4n) is 3.27. The zero-order valence-corrected chi connectivity index (χ0v) is 18.5. The van der Waals surface area contributed by atoms with E-state index in [0.717, 1.165) is 0 Å². The molecule has 2 aromatic carbocycles. The Bertz CT molecular complexity index is 1030. The number of rotatable bonds is 6. The Morgan fingerprint density at radius 1 is 1.07 bits per heavy atom. The minimum atomic E-state index is -0.576. The molecule has 0 saturated heterocycles. The molecule has 0 fully saturated rings. The van der Waals surface area contributed by atoms with E-state index >= 15 is 0 Å². The summed E-state index contributed by atoms with van der Waals surface area (Å²) in [6, 6.07) is 9.84. The Hall–Kier alpha value is -2.97. The average molecular weight is 448 g/mol. The van der Waals surface area contributed by atoms with Crippen molar-refractivity contribution in [1.82, 2.24) is 10.6 Å². The maximum Gasteiger partial charge on any atom is 0.255 e. The normalized spacial score (nSPS) is 15.8. The van der Waals surface area contributed by atoms with Gasteiger partial charge in [-0.2, -0.15) is 0 Å². The Balaban J connectivity index is 2.07. The van der Waals surface area contributed by atoms with Crippen molar-refractivity contribution in [2.45, 2.75) is 13.0 Å². The number of amides is 1. The highest BCUT2D eigenvalue weighted by atomic mass is 35.5. The van der Waals surface area contributed by atoms with Crippen molar-refractivity contribution in [3.63, 3.8) is 0 Å². The van der Waals surface area contributed by atoms with Crippen LogP contribution in [0.5, 0.6) is 17.2 Å². The summed E-state index contributed by atoms with van der Waals surface area (Å²) in [4.78, 5) is 13.2. The van der Waals surface area contributed by atoms with Crippen molar-refractivity contribution in [3.05, 3.63) is 58.3 Å². The predicted molar refractivity (Wildman–Crippen MR) is 120 cm³/mol. The van der Waals surface area contributed by atoms with Crippen LogP contribution in [-0.2, 0) is 4.79 Å². The SMILES string of the molecule is COc1cc(OC)c([C@H]2NC(=S)NC(C)=C2C(=O)Nc2cccc(Cl)c2)cc1OC. The van der Waals surface area contributed by atoms with Gasteiger partial charge in [0.2, 0.25) is 0 Å². The molecule has 0 aromatic heterocycles. The Morgan fingerprint density at radius 2 is 1.73 bits per heavy atom. The molecule has 9 heteroatoms. The van der Waals surface area contributed by atoms with E-state index in [4.69, 9.17) is 38.0 Å². The molecule has 3 N–H and O–H groups in total. The van der Waals surface area contributed by atoms with Crippen molar-refractivity contribution in [1.29, 1.82) is 0 Å². The second-order valence-electron chi connectivity index (χ2n) is 6.48. The fraction of sp³-hybridized carbons (Fsp3) is 0.238. The lowest BCUT2D eigenvalue weighted by atomic mass is 9.93. The molecule has 1 amide bonds. The Kier molecular flexibility index (Phi) is 6.69. The van der Waals surface area contributed by atoms with E-state index in [1.807, 2.05) is 0 Å². The molecule has 0 unspecified atom stereocenters. The summed E-state index contributed by atoms with van der Waals surface area (Å²) in [5.41, 5.74) is 2.34. The number of hydrogen-bond donors (Lipinski definition) is 3. The topological polar surface area (TPSA) is 80.9 Å². The van der Waals surface area contributed by atoms with E-state index in [9.17, 15) is 4.79 Å². The van der Waals surface area contributed by atoms with Crippen molar-refractivity contribution in [2.24, 2.45) is 0 Å². The first-order valence-electron chi connectivity index (χ1n) is 9.03. The second-order valence-corrected chi connectivity index (χ2v) is 7.33. The maximum absolute atomic E-state index is 13.2. The second kappa shape index (κ2) is 9.23. The molecule has 1 heterocycles. The minimum absolute atomic E-state index is 0.306. The van der Waals surface area contributed by atoms with Gasteiger partial charge in [0, 0.05) is 28.0 Å². The van der Waals surface area contributed by atoms with Gasteiger partial charge in [-0.1, -0.05) is 17.7 Å². The van der Waals surface area contributed by atoms with Crippen molar-refractivity contribution in [2.75, 3.05) is 26.6 Å². The highest BCUT2D eigenvalue weighted by molar-refractivity contribution is 7.80. The molecule has 1 atom stereocenters. The standard InChI is InChI=1S/C21H22ClN3O4S/c1-11-18(20(26)24-13-7-5-6-12(22)8-13)19(25-21(30)23-11)14-9-16(28-3)17(29-4)10-15(14)27-2/h5-10,19H,1-4H3,(H,24,26)(H2,23,25,30)/t19-/m1/s1. The molecule has 7 nitrogen and oxygen atoms in total. The van der Waals surface area contributed by atoms with Gasteiger partial charge >= 0.3 is 0 Å². The summed E-state index contributed by atoms with van der Waals surface area (Å²) >= 11 is 11.4. The lowest BCUT2D eigenvalue weighted by Gasteiger charge is -2.31. The lowest BCUT2D eigenvalue weighted by molar-refractivity contribution is -0.113. The molecule has 2 aromatic rings. The number of carbonyl (C=O) groups is 1. The van der Waals surface area contributed by atoms with E-state index in [-0.39, 0.29) is 5.91 Å². The van der Waals surface area contributed by atoms with Crippen LogP contribution in [0.25, 0.3) is 0 Å². The molecule has 1 aliphatic heterocycles. The van der Waals surface area contributed by atoms with Crippen LogP contribution in [0.4, 0.5) is 5.69 Å². The van der Waals surface area contributed by atoms with Gasteiger partial charge in [-0.05, 0) is 43.4 Å². The molecule has 0 spiro atoms. The first-order chi connectivity index (χ1) is 14.4. The van der Waals surface area contributed by atoms with Gasteiger partial charge in [0.15, 0.2) is 16.6 Å². The fourth-order valence-corrected chi connectivity index (χ4v) is 3.73. The van der Waals surface area contributed by atoms with Crippen LogP contribution in [0, 0.1) is 0 Å². The number of hydrogen-bond acceptors (Lipinski definition) is 5. The minimum Gasteiger partial charge on any atom is -0.496 e. The number of ether oxygens (including phenoxy) is 3. The van der Waals surface area contributed by atoms with Crippen LogP contribution >= 0.6 is 23.8 Å². The number of methoxy groups -OCH3 is 3. The average Bonchev–Trinajstić information content (AvgIpc) is 2.71. The molecule has 0 bridgehead atoms. The van der Waals surface area contributed by atoms with Crippen LogP contribution < -0.4 is 30.2 Å². The maximum atomic E-state index is 13.2. The molecule has 0 radical (unpaired) electrons. The molecular formula is C21H22ClN3O4S. The summed E-state index contributed by atoms with van der Waals surface area (Å²) in [6.07, 6.45) is 0. The molecular weight excluding hydrogens is 426 g/mol. The van der Waals surface area contributed by atoms with Crippen LogP contribution in [0.3, 0.4) is 0 Å². The number of carbonyl (C=O) groups excluding carboxylic acids is 1. The summed E-state index contributed by atoms with van der Waals surface area (Å²) < 4.78 is 16.4. The third kappa shape index (κ3) is 4.44. The van der Waals surface area contributed by atoms with Crippen LogP contribution in [0.1, 0.15) is 18.5 Å². The number of thiocarbonyl (C=S) groups is 1. The highest BCUT2D eigenvalue weighted by Gasteiger charge is 2.33. The van der Waals surface area contributed by atoms with E-state index in [1.165, 1.54) is 0 Å². The molecule has 30 heavy (non-hydrogen) atoms. The van der Waals surface area contributed by atoms with Gasteiger partial charge in [0.05, 0.1) is 32.9 Å². The quantitative estimate of drug-likeness (QED) is 0.581. The molecule has 1 aliphatic rings. The van der Waals surface area contributed by atoms with Crippen molar-refractivity contribution in [3.8, 4) is 17.2 Å². The number of benzene rings is 2. The summed E-state index contributed by atoms with van der Waals surface area (Å²) in [6.45, 7) is 1.79. The van der Waals surface area contributed by atoms with Gasteiger partial charge < -0.3 is 30.2 Å². The van der Waals surface area contributed by atoms with Gasteiger partial charge in [-0.3, -0.25) is 4.79 Å². The third-order valence-electron chi connectivity index (χ3n) is 4.64. The van der Waals surface area contributed by atoms with Gasteiger partial charge in [-0.15, -0.1) is 0 Å². The highest BCUT2D eigenvalue weighted by Crippen LogP contribution is 2.40. The molecule has 158 valence electrons. The number of allylic oxidation sites excluding steroid dienone is 1. The van der Waals surface area contributed by atoms with E-state index in [2.05, 4.69) is 16.0 Å². The van der Waals surface area contributed by atoms with E-state index in [1.54, 1.807) is 64.7 Å². The summed E-state index contributed by atoms with van der Waals surface area (Å²) in [7, 11) is 4.64. The van der Waals surface area contributed by atoms with Crippen molar-refractivity contribution >= 4 is 40.5 Å². The molecule has 0 aliphatic carbocycles. The predicted octanol–water partition coefficient (Wildman–Crippen LogP) is 3.80. The zero-order valence-electron chi connectivity index (χ0n) is 17.0. The van der Waals surface area contributed by atoms with Crippen LogP contribution in [0.2, 0.25) is 5.02 Å². The number of nitrogens with one attached hydrogen (secondary N) is 3. The summed E-state index contributed by atoms with van der Waals surface area (Å²) in [5.74, 6) is 1.24. The third-order valence-corrected chi connectivity index (χ3v) is 5.10. The van der Waals surface area contributed by atoms with Gasteiger partial charge in [-0.25, -0.2) is 0 Å². The van der Waals surface area contributed by atoms with E-state index in [0.29, 0.717) is 49.9 Å². The smallest absolute Gasteiger partial charge is 0.255 e. The molecule has 3 rings (SSSR count). The summed E-state index contributed by atoms with van der Waals surface area (Å²) in [5, 5.41) is 9.97. The number of halogens is 1. The van der Waals surface area contributed by atoms with Crippen LogP contribution in [0.15, 0.2) is 47.7 Å². The van der Waals surface area contributed by atoms with E-state index < -0.39 is 6.04 Å². The van der Waals surface area contributed by atoms with Gasteiger partial charge in [0.1, 0.15) is 5.75 Å². The largest absolute Gasteiger partial charge is 0.496 e. The first-order valence-corrected chi connectivity index (χ1v) is 9.81. The monoisotopic (exact) mass is 447 g/mol. The Labute approximate surface area is 185 Å². The zero-order chi connectivity index (χ0) is 21.8.